The Balaban J connectivity index is 2.52. The fourth-order valence-electron chi connectivity index (χ4n) is 3.17. The highest BCUT2D eigenvalue weighted by atomic mass is 16.5. The maximum atomic E-state index is 5.50. The maximum Gasteiger partial charge on any atom is 0.161 e. The van der Waals surface area contributed by atoms with Gasteiger partial charge in [0.15, 0.2) is 23.0 Å². The van der Waals surface area contributed by atoms with E-state index in [1.807, 2.05) is 12.1 Å². The molecule has 2 aromatic rings. The lowest BCUT2D eigenvalue weighted by molar-refractivity contribution is 0.296. The first-order valence-corrected chi connectivity index (χ1v) is 8.68. The van der Waals surface area contributed by atoms with Crippen LogP contribution >= 0.6 is 0 Å². The molecule has 0 aromatic heterocycles. The summed E-state index contributed by atoms with van der Waals surface area (Å²) in [6, 6.07) is 12.2. The van der Waals surface area contributed by atoms with Gasteiger partial charge in [0.2, 0.25) is 0 Å². The van der Waals surface area contributed by atoms with Crippen molar-refractivity contribution < 1.29 is 18.9 Å². The van der Waals surface area contributed by atoms with Crippen molar-refractivity contribution in [1.29, 1.82) is 0 Å². The summed E-state index contributed by atoms with van der Waals surface area (Å²) in [5.41, 5.74) is 2.00. The molecule has 0 atom stereocenters. The standard InChI is InChI=1S/C22H30O4/c1-21(2,15-9-11-17(23-5)19(13-15)25-7)22(3,4)16-10-12-18(24-6)20(14-16)26-8/h9-14H,1-8H3. The summed E-state index contributed by atoms with van der Waals surface area (Å²) in [6.45, 7) is 8.96. The van der Waals surface area contributed by atoms with Crippen molar-refractivity contribution >= 4 is 0 Å². The summed E-state index contributed by atoms with van der Waals surface area (Å²) < 4.78 is 21.7. The van der Waals surface area contributed by atoms with Crippen molar-refractivity contribution in [2.24, 2.45) is 0 Å². The molecule has 0 aliphatic carbocycles. The van der Waals surface area contributed by atoms with Gasteiger partial charge < -0.3 is 18.9 Å². The molecule has 0 bridgehead atoms. The van der Waals surface area contributed by atoms with Crippen LogP contribution in [0.15, 0.2) is 36.4 Å². The zero-order chi connectivity index (χ0) is 19.5. The maximum absolute atomic E-state index is 5.50. The van der Waals surface area contributed by atoms with Crippen LogP contribution in [0.2, 0.25) is 0 Å². The quantitative estimate of drug-likeness (QED) is 0.700. The summed E-state index contributed by atoms with van der Waals surface area (Å²) >= 11 is 0. The largest absolute Gasteiger partial charge is 0.493 e. The molecule has 0 heterocycles. The van der Waals surface area contributed by atoms with Gasteiger partial charge in [-0.05, 0) is 46.2 Å². The number of ether oxygens (including phenoxy) is 4. The van der Waals surface area contributed by atoms with Crippen LogP contribution in [0.3, 0.4) is 0 Å². The van der Waals surface area contributed by atoms with Gasteiger partial charge in [-0.15, -0.1) is 0 Å². The van der Waals surface area contributed by atoms with Gasteiger partial charge in [0.25, 0.3) is 0 Å². The zero-order valence-electron chi connectivity index (χ0n) is 17.1. The minimum Gasteiger partial charge on any atom is -0.493 e. The molecule has 0 N–H and O–H groups in total. The third-order valence-electron chi connectivity index (χ3n) is 5.77. The third kappa shape index (κ3) is 3.33. The summed E-state index contributed by atoms with van der Waals surface area (Å²) in [5, 5.41) is 0. The van der Waals surface area contributed by atoms with E-state index in [0.717, 1.165) is 23.0 Å². The zero-order valence-corrected chi connectivity index (χ0v) is 17.1. The molecule has 0 unspecified atom stereocenters. The first kappa shape index (κ1) is 20.0. The average Bonchev–Trinajstić information content (AvgIpc) is 2.66. The van der Waals surface area contributed by atoms with Crippen LogP contribution in [0, 0.1) is 0 Å². The molecule has 0 saturated heterocycles. The van der Waals surface area contributed by atoms with Gasteiger partial charge in [0.05, 0.1) is 28.4 Å². The molecule has 0 spiro atoms. The van der Waals surface area contributed by atoms with Gasteiger partial charge in [-0.1, -0.05) is 39.8 Å². The lowest BCUT2D eigenvalue weighted by atomic mass is 9.61. The van der Waals surface area contributed by atoms with Gasteiger partial charge in [0, 0.05) is 0 Å². The second kappa shape index (κ2) is 7.48. The van der Waals surface area contributed by atoms with Crippen LogP contribution in [0.1, 0.15) is 38.8 Å². The Labute approximate surface area is 157 Å². The van der Waals surface area contributed by atoms with Crippen LogP contribution in [-0.2, 0) is 10.8 Å². The second-order valence-electron chi connectivity index (χ2n) is 7.39. The molecule has 26 heavy (non-hydrogen) atoms. The highest BCUT2D eigenvalue weighted by Crippen LogP contribution is 2.47. The van der Waals surface area contributed by atoms with E-state index in [1.54, 1.807) is 28.4 Å². The predicted molar refractivity (Wildman–Crippen MR) is 105 cm³/mol. The molecular formula is C22H30O4. The molecule has 0 fully saturated rings. The molecule has 0 aliphatic rings. The molecule has 4 heteroatoms. The molecule has 0 aliphatic heterocycles. The fraction of sp³-hybridized carbons (Fsp3) is 0.455. The van der Waals surface area contributed by atoms with Crippen LogP contribution < -0.4 is 18.9 Å². The molecule has 4 nitrogen and oxygen atoms in total. The fourth-order valence-corrected chi connectivity index (χ4v) is 3.17. The van der Waals surface area contributed by atoms with Gasteiger partial charge >= 0.3 is 0 Å². The lowest BCUT2D eigenvalue weighted by Crippen LogP contribution is -2.40. The van der Waals surface area contributed by atoms with E-state index in [-0.39, 0.29) is 10.8 Å². The van der Waals surface area contributed by atoms with Gasteiger partial charge in [-0.3, -0.25) is 0 Å². The normalized spacial score (nSPS) is 11.8. The Hall–Kier alpha value is -2.36. The van der Waals surface area contributed by atoms with E-state index in [1.165, 1.54) is 11.1 Å². The Morgan fingerprint density at radius 3 is 1.08 bits per heavy atom. The average molecular weight is 358 g/mol. The summed E-state index contributed by atoms with van der Waals surface area (Å²) in [6.07, 6.45) is 0. The van der Waals surface area contributed by atoms with E-state index in [2.05, 4.69) is 52.0 Å². The van der Waals surface area contributed by atoms with Crippen LogP contribution in [0.5, 0.6) is 23.0 Å². The Kier molecular flexibility index (Phi) is 5.74. The van der Waals surface area contributed by atoms with Gasteiger partial charge in [0.1, 0.15) is 0 Å². The lowest BCUT2D eigenvalue weighted by Gasteiger charge is -2.43. The number of methoxy groups -OCH3 is 4. The Morgan fingerprint density at radius 1 is 0.500 bits per heavy atom. The molecule has 0 saturated carbocycles. The highest BCUT2D eigenvalue weighted by molar-refractivity contribution is 5.50. The van der Waals surface area contributed by atoms with Crippen LogP contribution in [0.4, 0.5) is 0 Å². The minimum atomic E-state index is -0.174. The van der Waals surface area contributed by atoms with E-state index in [9.17, 15) is 0 Å². The van der Waals surface area contributed by atoms with E-state index >= 15 is 0 Å². The summed E-state index contributed by atoms with van der Waals surface area (Å²) in [5.74, 6) is 2.94. The monoisotopic (exact) mass is 358 g/mol. The molecular weight excluding hydrogens is 328 g/mol. The van der Waals surface area contributed by atoms with E-state index < -0.39 is 0 Å². The molecule has 2 rings (SSSR count). The van der Waals surface area contributed by atoms with Gasteiger partial charge in [-0.25, -0.2) is 0 Å². The van der Waals surface area contributed by atoms with Crippen LogP contribution in [0.25, 0.3) is 0 Å². The SMILES string of the molecule is COc1ccc(C(C)(C)C(C)(C)c2ccc(OC)c(OC)c2)cc1OC. The minimum absolute atomic E-state index is 0.174. The number of hydrogen-bond donors (Lipinski definition) is 0. The smallest absolute Gasteiger partial charge is 0.161 e. The van der Waals surface area contributed by atoms with Crippen molar-refractivity contribution in [1.82, 2.24) is 0 Å². The number of rotatable bonds is 7. The topological polar surface area (TPSA) is 36.9 Å². The van der Waals surface area contributed by atoms with E-state index in [0.29, 0.717) is 0 Å². The first-order chi connectivity index (χ1) is 12.2. The summed E-state index contributed by atoms with van der Waals surface area (Å²) in [7, 11) is 6.62. The van der Waals surface area contributed by atoms with E-state index in [4.69, 9.17) is 18.9 Å². The predicted octanol–water partition coefficient (Wildman–Crippen LogP) is 4.98. The molecule has 2 aromatic carbocycles. The van der Waals surface area contributed by atoms with Crippen LogP contribution in [-0.4, -0.2) is 28.4 Å². The Bertz CT molecular complexity index is 697. The van der Waals surface area contributed by atoms with Crippen molar-refractivity contribution in [2.75, 3.05) is 28.4 Å². The molecule has 0 radical (unpaired) electrons. The van der Waals surface area contributed by atoms with Crippen molar-refractivity contribution in [3.8, 4) is 23.0 Å². The van der Waals surface area contributed by atoms with Crippen molar-refractivity contribution in [3.63, 3.8) is 0 Å². The first-order valence-electron chi connectivity index (χ1n) is 8.68. The second-order valence-corrected chi connectivity index (χ2v) is 7.39. The third-order valence-corrected chi connectivity index (χ3v) is 5.77. The highest BCUT2D eigenvalue weighted by Gasteiger charge is 2.40. The molecule has 142 valence electrons. The summed E-state index contributed by atoms with van der Waals surface area (Å²) in [4.78, 5) is 0. The Morgan fingerprint density at radius 2 is 0.808 bits per heavy atom. The van der Waals surface area contributed by atoms with Crippen molar-refractivity contribution in [3.05, 3.63) is 47.5 Å². The molecule has 0 amide bonds. The number of benzene rings is 2. The number of hydrogen-bond acceptors (Lipinski definition) is 4. The van der Waals surface area contributed by atoms with Crippen molar-refractivity contribution in [2.45, 2.75) is 38.5 Å². The van der Waals surface area contributed by atoms with Gasteiger partial charge in [-0.2, -0.15) is 0 Å².